The molecule has 2 aliphatic rings. The van der Waals surface area contributed by atoms with Gasteiger partial charge in [0.2, 0.25) is 0 Å². The summed E-state index contributed by atoms with van der Waals surface area (Å²) in [7, 11) is -2.90. The molecule has 2 fully saturated rings. The second-order valence-corrected chi connectivity index (χ2v) is 8.41. The third-order valence-electron chi connectivity index (χ3n) is 4.79. The highest BCUT2D eigenvalue weighted by Gasteiger charge is 2.38. The number of nitrogens with one attached hydrogen (secondary N) is 1. The van der Waals surface area contributed by atoms with Gasteiger partial charge >= 0.3 is 0 Å². The average molecular weight is 288 g/mol. The molecule has 2 rings (SSSR count). The van der Waals surface area contributed by atoms with Crippen LogP contribution >= 0.6 is 0 Å². The third kappa shape index (κ3) is 3.92. The Kier molecular flexibility index (Phi) is 5.26. The molecule has 4 nitrogen and oxygen atoms in total. The minimum absolute atomic E-state index is 0.130. The lowest BCUT2D eigenvalue weighted by Crippen LogP contribution is -2.46. The predicted molar refractivity (Wildman–Crippen MR) is 79.1 cm³/mol. The lowest BCUT2D eigenvalue weighted by molar-refractivity contribution is 0.162. The van der Waals surface area contributed by atoms with Gasteiger partial charge < -0.3 is 5.32 Å². The quantitative estimate of drug-likeness (QED) is 0.828. The molecule has 5 heteroatoms. The maximum atomic E-state index is 11.9. The Morgan fingerprint density at radius 2 is 1.84 bits per heavy atom. The summed E-state index contributed by atoms with van der Waals surface area (Å²) in [5.74, 6) is 0.738. The summed E-state index contributed by atoms with van der Waals surface area (Å²) < 4.78 is 23.8. The summed E-state index contributed by atoms with van der Waals surface area (Å²) in [5.41, 5.74) is 0. The first-order valence-electron chi connectivity index (χ1n) is 7.66. The van der Waals surface area contributed by atoms with E-state index in [-0.39, 0.29) is 11.3 Å². The van der Waals surface area contributed by atoms with Crippen LogP contribution in [0.4, 0.5) is 0 Å². The molecule has 0 bridgehead atoms. The molecule has 112 valence electrons. The fourth-order valence-electron chi connectivity index (χ4n) is 3.72. The van der Waals surface area contributed by atoms with Crippen molar-refractivity contribution in [1.82, 2.24) is 10.2 Å². The van der Waals surface area contributed by atoms with Crippen LogP contribution in [0.5, 0.6) is 0 Å². The van der Waals surface area contributed by atoms with Gasteiger partial charge in [-0.15, -0.1) is 0 Å². The molecule has 1 heterocycles. The standard InChI is InChI=1S/C14H28N2O2S/c1-3-16(11-12-7-9-15-10-8-12)13-5-4-6-14(13)19(2,17)18/h12-15H,3-11H2,1-2H3. The number of hydrogen-bond acceptors (Lipinski definition) is 4. The van der Waals surface area contributed by atoms with Gasteiger partial charge in [-0.05, 0) is 51.2 Å². The van der Waals surface area contributed by atoms with E-state index in [1.54, 1.807) is 0 Å². The molecule has 2 unspecified atom stereocenters. The van der Waals surface area contributed by atoms with Gasteiger partial charge in [0.1, 0.15) is 0 Å². The zero-order valence-electron chi connectivity index (χ0n) is 12.3. The Morgan fingerprint density at radius 1 is 1.16 bits per heavy atom. The lowest BCUT2D eigenvalue weighted by Gasteiger charge is -2.35. The molecule has 0 spiro atoms. The molecule has 0 aromatic rings. The minimum Gasteiger partial charge on any atom is -0.317 e. The molecule has 1 saturated heterocycles. The van der Waals surface area contributed by atoms with E-state index in [1.165, 1.54) is 19.1 Å². The number of sulfone groups is 1. The second kappa shape index (κ2) is 6.55. The lowest BCUT2D eigenvalue weighted by atomic mass is 9.96. The monoisotopic (exact) mass is 288 g/mol. The largest absolute Gasteiger partial charge is 0.317 e. The number of rotatable bonds is 5. The van der Waals surface area contributed by atoms with E-state index in [0.717, 1.165) is 51.4 Å². The van der Waals surface area contributed by atoms with Crippen molar-refractivity contribution in [3.05, 3.63) is 0 Å². The van der Waals surface area contributed by atoms with Crippen molar-refractivity contribution < 1.29 is 8.42 Å². The minimum atomic E-state index is -2.90. The number of hydrogen-bond donors (Lipinski definition) is 1. The Morgan fingerprint density at radius 3 is 2.42 bits per heavy atom. The van der Waals surface area contributed by atoms with Crippen LogP contribution in [0.1, 0.15) is 39.0 Å². The van der Waals surface area contributed by atoms with Gasteiger partial charge in [0.15, 0.2) is 9.84 Å². The zero-order valence-corrected chi connectivity index (χ0v) is 13.1. The topological polar surface area (TPSA) is 49.4 Å². The van der Waals surface area contributed by atoms with Crippen LogP contribution in [0.2, 0.25) is 0 Å². The Labute approximate surface area is 117 Å². The molecule has 1 aliphatic carbocycles. The van der Waals surface area contributed by atoms with Crippen LogP contribution in [0, 0.1) is 5.92 Å². The van der Waals surface area contributed by atoms with Crippen LogP contribution in [0.25, 0.3) is 0 Å². The Hall–Kier alpha value is -0.130. The van der Waals surface area contributed by atoms with Gasteiger partial charge in [0.25, 0.3) is 0 Å². The van der Waals surface area contributed by atoms with E-state index in [4.69, 9.17) is 0 Å². The highest BCUT2D eigenvalue weighted by molar-refractivity contribution is 7.91. The van der Waals surface area contributed by atoms with Crippen LogP contribution < -0.4 is 5.32 Å². The number of piperidine rings is 1. The van der Waals surface area contributed by atoms with Gasteiger partial charge in [-0.25, -0.2) is 8.42 Å². The van der Waals surface area contributed by atoms with Crippen molar-refractivity contribution in [2.45, 2.75) is 50.3 Å². The van der Waals surface area contributed by atoms with Crippen LogP contribution in [-0.2, 0) is 9.84 Å². The summed E-state index contributed by atoms with van der Waals surface area (Å²) in [5, 5.41) is 3.26. The molecule has 1 saturated carbocycles. The first-order valence-corrected chi connectivity index (χ1v) is 9.61. The van der Waals surface area contributed by atoms with Gasteiger partial charge in [0.05, 0.1) is 5.25 Å². The van der Waals surface area contributed by atoms with E-state index >= 15 is 0 Å². The second-order valence-electron chi connectivity index (χ2n) is 6.15. The van der Waals surface area contributed by atoms with E-state index in [2.05, 4.69) is 17.1 Å². The summed E-state index contributed by atoms with van der Waals surface area (Å²) >= 11 is 0. The molecule has 0 aromatic carbocycles. The first kappa shape index (κ1) is 15.3. The van der Waals surface area contributed by atoms with Gasteiger partial charge in [-0.1, -0.05) is 13.3 Å². The zero-order chi connectivity index (χ0) is 13.9. The van der Waals surface area contributed by atoms with Crippen molar-refractivity contribution >= 4 is 9.84 Å². The molecule has 0 radical (unpaired) electrons. The SMILES string of the molecule is CCN(CC1CCNCC1)C1CCCC1S(C)(=O)=O. The molecular formula is C14H28N2O2S. The Bertz CT molecular complexity index is 377. The fourth-order valence-corrected chi connectivity index (χ4v) is 5.19. The summed E-state index contributed by atoms with van der Waals surface area (Å²) in [6, 6.07) is 0.259. The maximum Gasteiger partial charge on any atom is 0.151 e. The van der Waals surface area contributed by atoms with E-state index in [1.807, 2.05) is 0 Å². The van der Waals surface area contributed by atoms with Crippen LogP contribution in [-0.4, -0.2) is 57.0 Å². The van der Waals surface area contributed by atoms with Crippen molar-refractivity contribution in [2.24, 2.45) is 5.92 Å². The normalized spacial score (nSPS) is 30.1. The molecular weight excluding hydrogens is 260 g/mol. The molecule has 1 aliphatic heterocycles. The predicted octanol–water partition coefficient (Wildman–Crippen LogP) is 1.27. The van der Waals surface area contributed by atoms with Gasteiger partial charge in [-0.3, -0.25) is 4.90 Å². The molecule has 0 amide bonds. The molecule has 0 aromatic heterocycles. The average Bonchev–Trinajstić information content (AvgIpc) is 2.86. The third-order valence-corrected chi connectivity index (χ3v) is 6.44. The highest BCUT2D eigenvalue weighted by atomic mass is 32.2. The van der Waals surface area contributed by atoms with Crippen molar-refractivity contribution in [3.8, 4) is 0 Å². The van der Waals surface area contributed by atoms with E-state index < -0.39 is 9.84 Å². The summed E-state index contributed by atoms with van der Waals surface area (Å²) in [6.07, 6.45) is 6.84. The summed E-state index contributed by atoms with van der Waals surface area (Å²) in [6.45, 7) is 6.44. The highest BCUT2D eigenvalue weighted by Crippen LogP contribution is 2.30. The van der Waals surface area contributed by atoms with Gasteiger partial charge in [-0.2, -0.15) is 0 Å². The van der Waals surface area contributed by atoms with Crippen LogP contribution in [0.15, 0.2) is 0 Å². The molecule has 19 heavy (non-hydrogen) atoms. The van der Waals surface area contributed by atoms with Crippen molar-refractivity contribution in [1.29, 1.82) is 0 Å². The van der Waals surface area contributed by atoms with E-state index in [9.17, 15) is 8.42 Å². The molecule has 2 atom stereocenters. The molecule has 1 N–H and O–H groups in total. The van der Waals surface area contributed by atoms with Gasteiger partial charge in [0, 0.05) is 18.8 Å². The van der Waals surface area contributed by atoms with Crippen molar-refractivity contribution in [2.75, 3.05) is 32.4 Å². The van der Waals surface area contributed by atoms with Crippen LogP contribution in [0.3, 0.4) is 0 Å². The number of nitrogens with zero attached hydrogens (tertiary/aromatic N) is 1. The maximum absolute atomic E-state index is 11.9. The first-order chi connectivity index (χ1) is 9.02. The summed E-state index contributed by atoms with van der Waals surface area (Å²) in [4.78, 5) is 2.44. The fraction of sp³-hybridized carbons (Fsp3) is 1.00. The van der Waals surface area contributed by atoms with E-state index in [0.29, 0.717) is 0 Å². The Balaban J connectivity index is 1.99. The smallest absolute Gasteiger partial charge is 0.151 e. The van der Waals surface area contributed by atoms with Crippen molar-refractivity contribution in [3.63, 3.8) is 0 Å².